The van der Waals surface area contributed by atoms with Gasteiger partial charge in [0.25, 0.3) is 0 Å². The Balaban J connectivity index is 3.29. The van der Waals surface area contributed by atoms with Crippen molar-refractivity contribution in [3.63, 3.8) is 0 Å². The third-order valence-electron chi connectivity index (χ3n) is 3.16. The van der Waals surface area contributed by atoms with Gasteiger partial charge in [0, 0.05) is 24.7 Å². The zero-order valence-corrected chi connectivity index (χ0v) is 18.4. The number of allylic oxidation sites excluding steroid dienone is 1. The van der Waals surface area contributed by atoms with Gasteiger partial charge in [-0.1, -0.05) is 38.6 Å². The summed E-state index contributed by atoms with van der Waals surface area (Å²) in [6, 6.07) is 8.01. The molecule has 4 nitrogen and oxygen atoms in total. The molecule has 6 heteroatoms. The number of methoxy groups -OCH3 is 1. The SMILES string of the molecule is CCO[Si](OCC)(OCC)/C(=C/C(C)(C)C)Sc1ccc(OC)cc1. The number of thioether (sulfide) groups is 1. The van der Waals surface area contributed by atoms with Gasteiger partial charge in [-0.15, -0.1) is 0 Å². The summed E-state index contributed by atoms with van der Waals surface area (Å²) < 4.78 is 24.6. The van der Waals surface area contributed by atoms with E-state index in [0.29, 0.717) is 19.8 Å². The molecule has 0 radical (unpaired) electrons. The normalized spacial score (nSPS) is 13.2. The molecule has 0 unspecified atom stereocenters. The van der Waals surface area contributed by atoms with E-state index in [1.54, 1.807) is 18.9 Å². The van der Waals surface area contributed by atoms with E-state index in [2.05, 4.69) is 26.8 Å². The van der Waals surface area contributed by atoms with E-state index < -0.39 is 8.80 Å². The Hall–Kier alpha value is -0.793. The van der Waals surface area contributed by atoms with Crippen molar-refractivity contribution in [2.45, 2.75) is 46.4 Å². The lowest BCUT2D eigenvalue weighted by molar-refractivity contribution is 0.0829. The summed E-state index contributed by atoms with van der Waals surface area (Å²) in [5, 5.41) is 0. The molecule has 0 saturated carbocycles. The predicted octanol–water partition coefficient (Wildman–Crippen LogP) is 5.30. The topological polar surface area (TPSA) is 36.9 Å². The first kappa shape index (κ1) is 22.2. The van der Waals surface area contributed by atoms with Gasteiger partial charge in [-0.2, -0.15) is 0 Å². The summed E-state index contributed by atoms with van der Waals surface area (Å²) >= 11 is 1.65. The molecule has 0 aliphatic heterocycles. The van der Waals surface area contributed by atoms with Gasteiger partial charge in [0.2, 0.25) is 0 Å². The van der Waals surface area contributed by atoms with Gasteiger partial charge in [-0.3, -0.25) is 0 Å². The van der Waals surface area contributed by atoms with Crippen LogP contribution in [0.25, 0.3) is 0 Å². The molecule has 0 aliphatic rings. The number of hydrogen-bond acceptors (Lipinski definition) is 5. The third-order valence-corrected chi connectivity index (χ3v) is 7.81. The number of hydrogen-bond donors (Lipinski definition) is 0. The molecule has 142 valence electrons. The first-order valence-corrected chi connectivity index (χ1v) is 11.3. The van der Waals surface area contributed by atoms with Crippen LogP contribution in [0.5, 0.6) is 5.75 Å². The highest BCUT2D eigenvalue weighted by Crippen LogP contribution is 2.38. The maximum Gasteiger partial charge on any atom is 0.543 e. The van der Waals surface area contributed by atoms with Gasteiger partial charge in [-0.25, -0.2) is 0 Å². The van der Waals surface area contributed by atoms with Crippen LogP contribution >= 0.6 is 11.8 Å². The largest absolute Gasteiger partial charge is 0.543 e. The van der Waals surface area contributed by atoms with Crippen LogP contribution in [0.1, 0.15) is 41.5 Å². The van der Waals surface area contributed by atoms with Gasteiger partial charge >= 0.3 is 8.80 Å². The maximum atomic E-state index is 6.12. The van der Waals surface area contributed by atoms with E-state index in [1.807, 2.05) is 45.0 Å². The third kappa shape index (κ3) is 7.15. The monoisotopic (exact) mass is 384 g/mol. The Morgan fingerprint density at radius 2 is 1.44 bits per heavy atom. The zero-order chi connectivity index (χ0) is 18.9. The highest BCUT2D eigenvalue weighted by molar-refractivity contribution is 8.05. The lowest BCUT2D eigenvalue weighted by Gasteiger charge is -2.31. The summed E-state index contributed by atoms with van der Waals surface area (Å²) in [5.74, 6) is 0.841. The molecule has 0 aromatic heterocycles. The Labute approximate surface area is 158 Å². The van der Waals surface area contributed by atoms with Crippen molar-refractivity contribution in [1.82, 2.24) is 0 Å². The average molecular weight is 385 g/mol. The van der Waals surface area contributed by atoms with Crippen LogP contribution < -0.4 is 4.74 Å². The van der Waals surface area contributed by atoms with Gasteiger partial charge < -0.3 is 18.0 Å². The standard InChI is InChI=1S/C19H32O4SSi/c1-8-21-25(22-9-2,23-10-3)18(15-19(4,5)6)24-17-13-11-16(20-7)12-14-17/h11-15H,8-10H2,1-7H3/b18-15+. The Morgan fingerprint density at radius 1 is 0.960 bits per heavy atom. The van der Waals surface area contributed by atoms with Crippen molar-refractivity contribution in [2.75, 3.05) is 26.9 Å². The van der Waals surface area contributed by atoms with Gasteiger partial charge in [-0.05, 0) is 50.5 Å². The van der Waals surface area contributed by atoms with Gasteiger partial charge in [0.1, 0.15) is 5.75 Å². The summed E-state index contributed by atoms with van der Waals surface area (Å²) in [5.41, 5.74) is -0.0155. The Kier molecular flexibility index (Phi) is 9.24. The number of benzene rings is 1. The Bertz CT molecular complexity index is 520. The van der Waals surface area contributed by atoms with E-state index in [9.17, 15) is 0 Å². The van der Waals surface area contributed by atoms with Crippen molar-refractivity contribution in [3.05, 3.63) is 34.9 Å². The molecule has 1 aromatic carbocycles. The van der Waals surface area contributed by atoms with Crippen molar-refractivity contribution >= 4 is 20.6 Å². The number of rotatable bonds is 10. The lowest BCUT2D eigenvalue weighted by Crippen LogP contribution is -2.48. The first-order valence-electron chi connectivity index (χ1n) is 8.77. The molecule has 1 aromatic rings. The molecule has 1 rings (SSSR count). The van der Waals surface area contributed by atoms with E-state index in [1.165, 1.54) is 0 Å². The first-order chi connectivity index (χ1) is 11.8. The minimum atomic E-state index is -2.95. The van der Waals surface area contributed by atoms with Crippen LogP contribution in [0.2, 0.25) is 0 Å². The van der Waals surface area contributed by atoms with Crippen LogP contribution in [0.4, 0.5) is 0 Å². The van der Waals surface area contributed by atoms with Crippen LogP contribution in [0.3, 0.4) is 0 Å². The maximum absolute atomic E-state index is 6.12. The molecule has 0 heterocycles. The fourth-order valence-corrected chi connectivity index (χ4v) is 7.00. The molecular weight excluding hydrogens is 352 g/mol. The van der Waals surface area contributed by atoms with Crippen molar-refractivity contribution in [2.24, 2.45) is 5.41 Å². The molecule has 0 bridgehead atoms. The quantitative estimate of drug-likeness (QED) is 0.404. The highest BCUT2D eigenvalue weighted by atomic mass is 32.2. The summed E-state index contributed by atoms with van der Waals surface area (Å²) in [4.78, 5) is 1.10. The van der Waals surface area contributed by atoms with Crippen molar-refractivity contribution in [1.29, 1.82) is 0 Å². The fraction of sp³-hybridized carbons (Fsp3) is 0.579. The van der Waals surface area contributed by atoms with Gasteiger partial charge in [0.05, 0.1) is 11.6 Å². The molecule has 0 saturated heterocycles. The van der Waals surface area contributed by atoms with Crippen LogP contribution in [0, 0.1) is 5.41 Å². The minimum Gasteiger partial charge on any atom is -0.497 e. The molecule has 0 amide bonds. The lowest BCUT2D eigenvalue weighted by atomic mass is 9.98. The average Bonchev–Trinajstić information content (AvgIpc) is 2.54. The number of ether oxygens (including phenoxy) is 1. The summed E-state index contributed by atoms with van der Waals surface area (Å²) in [7, 11) is -1.28. The summed E-state index contributed by atoms with van der Waals surface area (Å²) in [6.45, 7) is 14.1. The second-order valence-electron chi connectivity index (χ2n) is 6.51. The van der Waals surface area contributed by atoms with E-state index in [4.69, 9.17) is 18.0 Å². The van der Waals surface area contributed by atoms with Crippen LogP contribution in [0.15, 0.2) is 39.8 Å². The minimum absolute atomic E-state index is 0.0155. The van der Waals surface area contributed by atoms with E-state index in [-0.39, 0.29) is 5.41 Å². The Morgan fingerprint density at radius 3 is 1.80 bits per heavy atom. The predicted molar refractivity (Wildman–Crippen MR) is 107 cm³/mol. The second-order valence-corrected chi connectivity index (χ2v) is 10.5. The molecule has 0 atom stereocenters. The zero-order valence-electron chi connectivity index (χ0n) is 16.5. The second kappa shape index (κ2) is 10.4. The molecule has 25 heavy (non-hydrogen) atoms. The van der Waals surface area contributed by atoms with Crippen LogP contribution in [-0.2, 0) is 13.3 Å². The van der Waals surface area contributed by atoms with Crippen molar-refractivity contribution < 1.29 is 18.0 Å². The molecule has 0 fully saturated rings. The van der Waals surface area contributed by atoms with Gasteiger partial charge in [0.15, 0.2) is 0 Å². The smallest absolute Gasteiger partial charge is 0.497 e. The molecule has 0 aliphatic carbocycles. The molecular formula is C19H32O4SSi. The van der Waals surface area contributed by atoms with Crippen LogP contribution in [-0.4, -0.2) is 35.7 Å². The highest BCUT2D eigenvalue weighted by Gasteiger charge is 2.46. The van der Waals surface area contributed by atoms with Crippen molar-refractivity contribution in [3.8, 4) is 5.75 Å². The molecule has 0 spiro atoms. The molecule has 0 N–H and O–H groups in total. The van der Waals surface area contributed by atoms with E-state index in [0.717, 1.165) is 15.2 Å². The summed E-state index contributed by atoms with van der Waals surface area (Å²) in [6.07, 6.45) is 2.22. The van der Waals surface area contributed by atoms with E-state index >= 15 is 0 Å². The fourth-order valence-electron chi connectivity index (χ4n) is 2.25.